The molecule has 2 heterocycles. The number of carbonyl (C=O) groups excluding carboxylic acids is 2. The molecule has 0 fully saturated rings. The molecule has 2 aromatic rings. The van der Waals surface area contributed by atoms with E-state index in [0.29, 0.717) is 29.9 Å². The fourth-order valence-electron chi connectivity index (χ4n) is 3.46. The summed E-state index contributed by atoms with van der Waals surface area (Å²) in [7, 11) is 0. The first-order valence-corrected chi connectivity index (χ1v) is 9.83. The number of primary amides is 1. The molecule has 1 aromatic heterocycles. The Balaban J connectivity index is 2.08. The molecule has 1 aliphatic rings. The summed E-state index contributed by atoms with van der Waals surface area (Å²) in [6.07, 6.45) is 0.704. The van der Waals surface area contributed by atoms with Crippen LogP contribution in [-0.2, 0) is 6.54 Å². The molecule has 0 spiro atoms. The van der Waals surface area contributed by atoms with Crippen LogP contribution in [0, 0.1) is 5.82 Å². The van der Waals surface area contributed by atoms with Crippen molar-refractivity contribution in [3.8, 4) is 11.3 Å². The fraction of sp³-hybridized carbons (Fsp3) is 0.450. The second-order valence-corrected chi connectivity index (χ2v) is 8.64. The van der Waals surface area contributed by atoms with Gasteiger partial charge in [-0.25, -0.2) is 9.18 Å². The first kappa shape index (κ1) is 21.1. The van der Waals surface area contributed by atoms with Crippen molar-refractivity contribution in [1.82, 2.24) is 20.0 Å². The predicted octanol–water partition coefficient (Wildman–Crippen LogP) is 3.72. The Morgan fingerprint density at radius 2 is 2.07 bits per heavy atom. The maximum Gasteiger partial charge on any atom is 0.318 e. The van der Waals surface area contributed by atoms with Crippen LogP contribution < -0.4 is 11.1 Å². The molecule has 3 N–H and O–H groups in total. The van der Waals surface area contributed by atoms with E-state index in [-0.39, 0.29) is 34.7 Å². The molecule has 1 aromatic carbocycles. The lowest BCUT2D eigenvalue weighted by Crippen LogP contribution is -2.51. The lowest BCUT2D eigenvalue weighted by atomic mass is 10.0. The molecule has 1 aliphatic heterocycles. The van der Waals surface area contributed by atoms with E-state index in [1.54, 1.807) is 9.58 Å². The van der Waals surface area contributed by atoms with Crippen LogP contribution in [0.15, 0.2) is 18.2 Å². The van der Waals surface area contributed by atoms with Gasteiger partial charge in [-0.3, -0.25) is 9.48 Å². The second kappa shape index (κ2) is 7.67. The minimum Gasteiger partial charge on any atom is -0.365 e. The highest BCUT2D eigenvalue weighted by molar-refractivity contribution is 6.31. The SMILES string of the molecule is CCC1CN(C(=O)NC(C)(C)C)Cc2c(C(N)=O)c(-c3ccc(F)c(Cl)c3)nn21. The summed E-state index contributed by atoms with van der Waals surface area (Å²) in [6, 6.07) is 3.81. The molecular formula is C20H25ClFN5O2. The van der Waals surface area contributed by atoms with Crippen molar-refractivity contribution in [1.29, 1.82) is 0 Å². The van der Waals surface area contributed by atoms with Crippen molar-refractivity contribution in [3.05, 3.63) is 40.3 Å². The number of aromatic nitrogens is 2. The van der Waals surface area contributed by atoms with E-state index < -0.39 is 11.7 Å². The van der Waals surface area contributed by atoms with Gasteiger partial charge in [0.05, 0.1) is 28.9 Å². The highest BCUT2D eigenvalue weighted by Gasteiger charge is 2.34. The summed E-state index contributed by atoms with van der Waals surface area (Å²) in [6.45, 7) is 8.35. The van der Waals surface area contributed by atoms with Gasteiger partial charge < -0.3 is 16.0 Å². The first-order chi connectivity index (χ1) is 13.5. The Labute approximate surface area is 174 Å². The Bertz CT molecular complexity index is 967. The third-order valence-electron chi connectivity index (χ3n) is 4.81. The minimum absolute atomic E-state index is 0.0675. The van der Waals surface area contributed by atoms with Crippen LogP contribution in [0.25, 0.3) is 11.3 Å². The lowest BCUT2D eigenvalue weighted by Gasteiger charge is -2.35. The predicted molar refractivity (Wildman–Crippen MR) is 109 cm³/mol. The van der Waals surface area contributed by atoms with Crippen LogP contribution in [0.4, 0.5) is 9.18 Å². The van der Waals surface area contributed by atoms with Crippen LogP contribution >= 0.6 is 11.6 Å². The number of hydrogen-bond acceptors (Lipinski definition) is 3. The van der Waals surface area contributed by atoms with E-state index in [0.717, 1.165) is 0 Å². The number of nitrogens with zero attached hydrogens (tertiary/aromatic N) is 3. The molecule has 1 unspecified atom stereocenters. The molecule has 1 atom stereocenters. The minimum atomic E-state index is -0.658. The van der Waals surface area contributed by atoms with Crippen LogP contribution in [0.1, 0.15) is 56.2 Å². The number of rotatable bonds is 3. The number of hydrogen-bond donors (Lipinski definition) is 2. The molecule has 7 nitrogen and oxygen atoms in total. The van der Waals surface area contributed by atoms with Gasteiger partial charge in [0.25, 0.3) is 5.91 Å². The highest BCUT2D eigenvalue weighted by atomic mass is 35.5. The number of nitrogens with two attached hydrogens (primary N) is 1. The van der Waals surface area contributed by atoms with E-state index >= 15 is 0 Å². The normalized spacial score (nSPS) is 16.5. The van der Waals surface area contributed by atoms with Gasteiger partial charge in [0, 0.05) is 17.6 Å². The van der Waals surface area contributed by atoms with Crippen molar-refractivity contribution in [3.63, 3.8) is 0 Å². The number of halogens is 2. The zero-order valence-corrected chi connectivity index (χ0v) is 17.7. The van der Waals surface area contributed by atoms with Crippen LogP contribution in [0.2, 0.25) is 5.02 Å². The molecule has 0 bridgehead atoms. The standard InChI is InChI=1S/C20H25ClFN5O2/c1-5-12-9-26(19(29)24-20(2,3)4)10-15-16(18(23)28)17(25-27(12)15)11-6-7-14(22)13(21)8-11/h6-8,12H,5,9-10H2,1-4H3,(H2,23,28)(H,24,29). The van der Waals surface area contributed by atoms with Crippen LogP contribution in [0.3, 0.4) is 0 Å². The van der Waals surface area contributed by atoms with Crippen molar-refractivity contribution in [2.75, 3.05) is 6.54 Å². The molecule has 0 saturated carbocycles. The highest BCUT2D eigenvalue weighted by Crippen LogP contribution is 2.34. The van der Waals surface area contributed by atoms with Gasteiger partial charge in [0.1, 0.15) is 11.5 Å². The molecule has 156 valence electrons. The van der Waals surface area contributed by atoms with Crippen LogP contribution in [0.5, 0.6) is 0 Å². The zero-order chi connectivity index (χ0) is 21.5. The smallest absolute Gasteiger partial charge is 0.318 e. The molecule has 9 heteroatoms. The average Bonchev–Trinajstić information content (AvgIpc) is 3.01. The number of benzene rings is 1. The maximum atomic E-state index is 13.6. The third kappa shape index (κ3) is 4.22. The van der Waals surface area contributed by atoms with Gasteiger partial charge in [-0.2, -0.15) is 5.10 Å². The first-order valence-electron chi connectivity index (χ1n) is 9.45. The Morgan fingerprint density at radius 1 is 1.38 bits per heavy atom. The third-order valence-corrected chi connectivity index (χ3v) is 5.10. The van der Waals surface area contributed by atoms with Crippen molar-refractivity contribution in [2.24, 2.45) is 5.73 Å². The van der Waals surface area contributed by atoms with Gasteiger partial charge in [-0.05, 0) is 45.4 Å². The number of carbonyl (C=O) groups is 2. The van der Waals surface area contributed by atoms with Gasteiger partial charge in [-0.1, -0.05) is 18.5 Å². The molecule has 0 radical (unpaired) electrons. The Morgan fingerprint density at radius 3 is 2.62 bits per heavy atom. The van der Waals surface area contributed by atoms with Gasteiger partial charge in [0.15, 0.2) is 0 Å². The summed E-state index contributed by atoms with van der Waals surface area (Å²) in [5.41, 5.74) is 6.91. The monoisotopic (exact) mass is 421 g/mol. The average molecular weight is 422 g/mol. The lowest BCUT2D eigenvalue weighted by molar-refractivity contribution is 0.0995. The summed E-state index contributed by atoms with van der Waals surface area (Å²) < 4.78 is 15.3. The Hall–Kier alpha value is -2.61. The van der Waals surface area contributed by atoms with Gasteiger partial charge in [0.2, 0.25) is 0 Å². The van der Waals surface area contributed by atoms with E-state index in [2.05, 4.69) is 10.4 Å². The van der Waals surface area contributed by atoms with Crippen molar-refractivity contribution < 1.29 is 14.0 Å². The molecule has 3 amide bonds. The topological polar surface area (TPSA) is 93.2 Å². The number of amides is 3. The van der Waals surface area contributed by atoms with E-state index in [1.165, 1.54) is 18.2 Å². The molecule has 3 rings (SSSR count). The summed E-state index contributed by atoms with van der Waals surface area (Å²) in [4.78, 5) is 26.7. The van der Waals surface area contributed by atoms with Crippen molar-refractivity contribution >= 4 is 23.5 Å². The zero-order valence-electron chi connectivity index (χ0n) is 16.9. The van der Waals surface area contributed by atoms with Gasteiger partial charge in [-0.15, -0.1) is 0 Å². The summed E-state index contributed by atoms with van der Waals surface area (Å²) in [5.74, 6) is -1.22. The van der Waals surface area contributed by atoms with Gasteiger partial charge >= 0.3 is 6.03 Å². The van der Waals surface area contributed by atoms with E-state index in [4.69, 9.17) is 17.3 Å². The second-order valence-electron chi connectivity index (χ2n) is 8.23. The van der Waals surface area contributed by atoms with Crippen molar-refractivity contribution in [2.45, 2.75) is 52.2 Å². The summed E-state index contributed by atoms with van der Waals surface area (Å²) >= 11 is 5.92. The molecule has 29 heavy (non-hydrogen) atoms. The number of fused-ring (bicyclic) bond motifs is 1. The number of urea groups is 1. The summed E-state index contributed by atoms with van der Waals surface area (Å²) in [5, 5.41) is 7.49. The maximum absolute atomic E-state index is 13.6. The Kier molecular flexibility index (Phi) is 5.58. The molecule has 0 aliphatic carbocycles. The largest absolute Gasteiger partial charge is 0.365 e. The molecule has 0 saturated heterocycles. The van der Waals surface area contributed by atoms with E-state index in [9.17, 15) is 14.0 Å². The fourth-order valence-corrected chi connectivity index (χ4v) is 3.64. The van der Waals surface area contributed by atoms with Crippen LogP contribution in [-0.4, -0.2) is 38.7 Å². The molecular weight excluding hydrogens is 397 g/mol. The quantitative estimate of drug-likeness (QED) is 0.790. The van der Waals surface area contributed by atoms with E-state index in [1.807, 2.05) is 27.7 Å². The number of nitrogens with one attached hydrogen (secondary N) is 1.